The van der Waals surface area contributed by atoms with Gasteiger partial charge in [0.1, 0.15) is 6.04 Å². The van der Waals surface area contributed by atoms with Crippen LogP contribution in [0.5, 0.6) is 0 Å². The number of aryl methyl sites for hydroxylation is 1. The zero-order valence-corrected chi connectivity index (χ0v) is 16.8. The molecule has 0 saturated heterocycles. The summed E-state index contributed by atoms with van der Waals surface area (Å²) in [5.74, 6) is 0.277. The van der Waals surface area contributed by atoms with Crippen molar-refractivity contribution in [2.24, 2.45) is 0 Å². The Hall–Kier alpha value is -1.54. The molecule has 0 fully saturated rings. The molecule has 0 aliphatic heterocycles. The van der Waals surface area contributed by atoms with Crippen LogP contribution in [0.1, 0.15) is 11.1 Å². The van der Waals surface area contributed by atoms with Crippen LogP contribution in [0.25, 0.3) is 0 Å². The molecular formula is C18H20ClNO4S2. The Morgan fingerprint density at radius 1 is 1.23 bits per heavy atom. The van der Waals surface area contributed by atoms with E-state index >= 15 is 0 Å². The molecule has 8 heteroatoms. The maximum Gasteiger partial charge on any atom is 0.324 e. The second kappa shape index (κ2) is 9.41. The Labute approximate surface area is 163 Å². The number of rotatable bonds is 8. The third-order valence-corrected chi connectivity index (χ3v) is 6.62. The van der Waals surface area contributed by atoms with Crippen LogP contribution in [-0.2, 0) is 25.3 Å². The third-order valence-electron chi connectivity index (χ3n) is 3.63. The number of benzene rings is 2. The Morgan fingerprint density at radius 2 is 1.92 bits per heavy atom. The first-order valence-corrected chi connectivity index (χ1v) is 10.8. The fourth-order valence-electron chi connectivity index (χ4n) is 2.16. The molecule has 0 aromatic heterocycles. The fourth-order valence-corrected chi connectivity index (χ4v) is 4.72. The third kappa shape index (κ3) is 5.74. The number of carbonyl (C=O) groups excluding carboxylic acids is 1. The lowest BCUT2D eigenvalue weighted by Crippen LogP contribution is -2.43. The molecule has 140 valence electrons. The maximum atomic E-state index is 12.6. The number of ether oxygens (including phenoxy) is 1. The largest absolute Gasteiger partial charge is 0.468 e. The van der Waals surface area contributed by atoms with Gasteiger partial charge in [-0.3, -0.25) is 4.79 Å². The Morgan fingerprint density at radius 3 is 2.54 bits per heavy atom. The molecular weight excluding hydrogens is 394 g/mol. The van der Waals surface area contributed by atoms with Gasteiger partial charge in [0.2, 0.25) is 10.0 Å². The quantitative estimate of drug-likeness (QED) is 0.671. The van der Waals surface area contributed by atoms with Gasteiger partial charge in [-0.1, -0.05) is 48.0 Å². The van der Waals surface area contributed by atoms with E-state index in [9.17, 15) is 13.2 Å². The molecule has 0 saturated carbocycles. The zero-order chi connectivity index (χ0) is 19.2. The van der Waals surface area contributed by atoms with Crippen LogP contribution < -0.4 is 4.72 Å². The normalized spacial score (nSPS) is 12.6. The smallest absolute Gasteiger partial charge is 0.324 e. The molecule has 1 N–H and O–H groups in total. The number of hydrogen-bond donors (Lipinski definition) is 1. The molecule has 2 aromatic rings. The van der Waals surface area contributed by atoms with E-state index in [-0.39, 0.29) is 10.6 Å². The van der Waals surface area contributed by atoms with E-state index in [1.165, 1.54) is 31.0 Å². The van der Waals surface area contributed by atoms with Gasteiger partial charge < -0.3 is 4.74 Å². The minimum atomic E-state index is -3.90. The second-order valence-corrected chi connectivity index (χ2v) is 8.76. The summed E-state index contributed by atoms with van der Waals surface area (Å²) >= 11 is 7.46. The predicted molar refractivity (Wildman–Crippen MR) is 105 cm³/mol. The number of carbonyl (C=O) groups is 1. The number of sulfonamides is 1. The predicted octanol–water partition coefficient (Wildman–Crippen LogP) is 3.40. The van der Waals surface area contributed by atoms with E-state index in [1.807, 2.05) is 30.3 Å². The van der Waals surface area contributed by atoms with Crippen molar-refractivity contribution in [2.75, 3.05) is 12.9 Å². The monoisotopic (exact) mass is 413 g/mol. The Bertz CT molecular complexity index is 857. The number of esters is 1. The van der Waals surface area contributed by atoms with E-state index in [0.29, 0.717) is 10.8 Å². The lowest BCUT2D eigenvalue weighted by Gasteiger charge is -2.17. The lowest BCUT2D eigenvalue weighted by atomic mass is 10.2. The van der Waals surface area contributed by atoms with Crippen LogP contribution in [0.3, 0.4) is 0 Å². The van der Waals surface area contributed by atoms with Gasteiger partial charge in [-0.25, -0.2) is 8.42 Å². The summed E-state index contributed by atoms with van der Waals surface area (Å²) in [6, 6.07) is 13.2. The molecule has 0 spiro atoms. The van der Waals surface area contributed by atoms with Gasteiger partial charge in [-0.2, -0.15) is 16.5 Å². The summed E-state index contributed by atoms with van der Waals surface area (Å²) in [5.41, 5.74) is 1.86. The van der Waals surface area contributed by atoms with Gasteiger partial charge in [0.15, 0.2) is 0 Å². The summed E-state index contributed by atoms with van der Waals surface area (Å²) in [5, 5.41) is 0.348. The fraction of sp³-hybridized carbons (Fsp3) is 0.278. The molecule has 0 heterocycles. The van der Waals surface area contributed by atoms with Crippen LogP contribution >= 0.6 is 23.4 Å². The molecule has 2 rings (SSSR count). The molecule has 0 aliphatic carbocycles. The van der Waals surface area contributed by atoms with E-state index in [1.54, 1.807) is 13.0 Å². The maximum absolute atomic E-state index is 12.6. The van der Waals surface area contributed by atoms with E-state index < -0.39 is 22.0 Å². The Kier molecular flexibility index (Phi) is 7.52. The van der Waals surface area contributed by atoms with Crippen molar-refractivity contribution in [1.82, 2.24) is 4.72 Å². The average molecular weight is 414 g/mol. The zero-order valence-electron chi connectivity index (χ0n) is 14.4. The van der Waals surface area contributed by atoms with Crippen LogP contribution in [-0.4, -0.2) is 33.3 Å². The second-order valence-electron chi connectivity index (χ2n) is 5.61. The molecule has 2 aromatic carbocycles. The van der Waals surface area contributed by atoms with E-state index in [0.717, 1.165) is 11.1 Å². The highest BCUT2D eigenvalue weighted by Crippen LogP contribution is 2.21. The molecule has 0 amide bonds. The first-order valence-electron chi connectivity index (χ1n) is 7.81. The van der Waals surface area contributed by atoms with Crippen molar-refractivity contribution in [3.8, 4) is 0 Å². The van der Waals surface area contributed by atoms with Crippen LogP contribution in [0.2, 0.25) is 5.02 Å². The molecule has 26 heavy (non-hydrogen) atoms. The minimum Gasteiger partial charge on any atom is -0.468 e. The first kappa shape index (κ1) is 20.8. The first-order chi connectivity index (χ1) is 12.3. The highest BCUT2D eigenvalue weighted by molar-refractivity contribution is 7.98. The van der Waals surface area contributed by atoms with Crippen molar-refractivity contribution in [3.63, 3.8) is 0 Å². The van der Waals surface area contributed by atoms with E-state index in [2.05, 4.69) is 4.72 Å². The van der Waals surface area contributed by atoms with Gasteiger partial charge in [-0.05, 0) is 30.2 Å². The van der Waals surface area contributed by atoms with Gasteiger partial charge in [-0.15, -0.1) is 0 Å². The lowest BCUT2D eigenvalue weighted by molar-refractivity contribution is -0.141. The molecule has 1 atom stereocenters. The van der Waals surface area contributed by atoms with Gasteiger partial charge in [0.25, 0.3) is 0 Å². The van der Waals surface area contributed by atoms with Crippen molar-refractivity contribution in [1.29, 1.82) is 0 Å². The summed E-state index contributed by atoms with van der Waals surface area (Å²) in [4.78, 5) is 12.0. The number of hydrogen-bond acceptors (Lipinski definition) is 5. The minimum absolute atomic E-state index is 0.00932. The van der Waals surface area contributed by atoms with Gasteiger partial charge in [0.05, 0.1) is 12.0 Å². The molecule has 0 radical (unpaired) electrons. The van der Waals surface area contributed by atoms with Crippen LogP contribution in [0, 0.1) is 6.92 Å². The molecule has 5 nitrogen and oxygen atoms in total. The summed E-state index contributed by atoms with van der Waals surface area (Å²) < 4.78 is 32.3. The van der Waals surface area contributed by atoms with Crippen molar-refractivity contribution in [3.05, 3.63) is 64.7 Å². The molecule has 0 bridgehead atoms. The molecule has 1 unspecified atom stereocenters. The van der Waals surface area contributed by atoms with Crippen molar-refractivity contribution < 1.29 is 17.9 Å². The van der Waals surface area contributed by atoms with Crippen LogP contribution in [0.15, 0.2) is 53.4 Å². The molecule has 0 aliphatic rings. The average Bonchev–Trinajstić information content (AvgIpc) is 2.63. The Balaban J connectivity index is 2.08. The number of halogens is 1. The number of nitrogens with one attached hydrogen (secondary N) is 1. The standard InChI is InChI=1S/C18H20ClNO4S2/c1-13-8-9-15(10-16(13)19)26(22,23)20-17(18(21)24-2)12-25-11-14-6-4-3-5-7-14/h3-10,17,20H,11-12H2,1-2H3. The number of thioether (sulfide) groups is 1. The summed E-state index contributed by atoms with van der Waals surface area (Å²) in [7, 11) is -2.67. The topological polar surface area (TPSA) is 72.5 Å². The van der Waals surface area contributed by atoms with E-state index in [4.69, 9.17) is 16.3 Å². The highest BCUT2D eigenvalue weighted by Gasteiger charge is 2.26. The van der Waals surface area contributed by atoms with Crippen molar-refractivity contribution >= 4 is 39.4 Å². The van der Waals surface area contributed by atoms with Crippen LogP contribution in [0.4, 0.5) is 0 Å². The van der Waals surface area contributed by atoms with Gasteiger partial charge >= 0.3 is 5.97 Å². The number of methoxy groups -OCH3 is 1. The highest BCUT2D eigenvalue weighted by atomic mass is 35.5. The van der Waals surface area contributed by atoms with Gasteiger partial charge in [0, 0.05) is 16.5 Å². The summed E-state index contributed by atoms with van der Waals surface area (Å²) in [6.07, 6.45) is 0. The SMILES string of the molecule is COC(=O)C(CSCc1ccccc1)NS(=O)(=O)c1ccc(C)c(Cl)c1. The van der Waals surface area contributed by atoms with Crippen molar-refractivity contribution in [2.45, 2.75) is 23.6 Å². The summed E-state index contributed by atoms with van der Waals surface area (Å²) in [6.45, 7) is 1.78.